The van der Waals surface area contributed by atoms with Crippen molar-refractivity contribution in [2.45, 2.75) is 26.3 Å². The average Bonchev–Trinajstić information content (AvgIpc) is 2.20. The lowest BCUT2D eigenvalue weighted by Crippen LogP contribution is -2.46. The van der Waals surface area contributed by atoms with Gasteiger partial charge in [0.2, 0.25) is 0 Å². The van der Waals surface area contributed by atoms with Crippen molar-refractivity contribution in [1.29, 1.82) is 0 Å². The molecule has 0 aliphatic carbocycles. The molecule has 1 aliphatic rings. The molecule has 3 heteroatoms. The van der Waals surface area contributed by atoms with E-state index in [1.807, 2.05) is 13.0 Å². The van der Waals surface area contributed by atoms with E-state index in [1.54, 1.807) is 12.1 Å². The zero-order valence-corrected chi connectivity index (χ0v) is 9.91. The van der Waals surface area contributed by atoms with Crippen molar-refractivity contribution in [3.8, 4) is 0 Å². The van der Waals surface area contributed by atoms with Crippen LogP contribution in [0.15, 0.2) is 18.2 Å². The molecule has 2 nitrogen and oxygen atoms in total. The van der Waals surface area contributed by atoms with Gasteiger partial charge >= 0.3 is 0 Å². The van der Waals surface area contributed by atoms with Crippen LogP contribution in [0.2, 0.25) is 0 Å². The Kier molecular flexibility index (Phi) is 3.15. The molecule has 2 atom stereocenters. The molecule has 1 aromatic rings. The molecule has 1 aromatic carbocycles. The number of rotatable bonds is 1. The van der Waals surface area contributed by atoms with Crippen molar-refractivity contribution < 1.29 is 4.39 Å². The molecule has 0 radical (unpaired) electrons. The average molecular weight is 222 g/mol. The van der Waals surface area contributed by atoms with Crippen LogP contribution in [-0.2, 0) is 0 Å². The van der Waals surface area contributed by atoms with Gasteiger partial charge in [0.05, 0.1) is 0 Å². The lowest BCUT2D eigenvalue weighted by molar-refractivity contribution is 0.382. The zero-order valence-electron chi connectivity index (χ0n) is 9.91. The van der Waals surface area contributed by atoms with Gasteiger partial charge in [-0.2, -0.15) is 0 Å². The fraction of sp³-hybridized carbons (Fsp3) is 0.538. The van der Waals surface area contributed by atoms with E-state index in [9.17, 15) is 4.39 Å². The third-order valence-corrected chi connectivity index (χ3v) is 3.36. The van der Waals surface area contributed by atoms with E-state index in [0.717, 1.165) is 30.8 Å². The summed E-state index contributed by atoms with van der Waals surface area (Å²) in [5.74, 6) is 0.315. The van der Waals surface area contributed by atoms with Crippen LogP contribution >= 0.6 is 0 Å². The van der Waals surface area contributed by atoms with Crippen molar-refractivity contribution in [1.82, 2.24) is 0 Å². The predicted octanol–water partition coefficient (Wildman–Crippen LogP) is 2.31. The fourth-order valence-corrected chi connectivity index (χ4v) is 2.30. The summed E-state index contributed by atoms with van der Waals surface area (Å²) in [6, 6.07) is 5.48. The summed E-state index contributed by atoms with van der Waals surface area (Å²) < 4.78 is 13.3. The highest BCUT2D eigenvalue weighted by Crippen LogP contribution is 2.24. The second-order valence-electron chi connectivity index (χ2n) is 4.86. The first-order valence-electron chi connectivity index (χ1n) is 5.84. The summed E-state index contributed by atoms with van der Waals surface area (Å²) >= 11 is 0. The highest BCUT2D eigenvalue weighted by Gasteiger charge is 2.23. The number of piperidine rings is 1. The molecule has 2 unspecified atom stereocenters. The van der Waals surface area contributed by atoms with Gasteiger partial charge in [-0.1, -0.05) is 6.92 Å². The molecule has 1 fully saturated rings. The largest absolute Gasteiger partial charge is 0.371 e. The number of hydrogen-bond acceptors (Lipinski definition) is 2. The number of hydrogen-bond donors (Lipinski definition) is 1. The monoisotopic (exact) mass is 222 g/mol. The van der Waals surface area contributed by atoms with Gasteiger partial charge in [-0.05, 0) is 43.0 Å². The standard InChI is InChI=1S/C13H19FN2/c1-9-5-11(14)7-12(6-9)16-4-3-13(15)10(2)8-16/h5-7,10,13H,3-4,8,15H2,1-2H3. The van der Waals surface area contributed by atoms with Gasteiger partial charge in [0.15, 0.2) is 0 Å². The number of nitrogens with zero attached hydrogens (tertiary/aromatic N) is 1. The van der Waals surface area contributed by atoms with Crippen LogP contribution in [0.4, 0.5) is 10.1 Å². The zero-order chi connectivity index (χ0) is 11.7. The van der Waals surface area contributed by atoms with E-state index in [0.29, 0.717) is 5.92 Å². The Morgan fingerprint density at radius 3 is 2.75 bits per heavy atom. The quantitative estimate of drug-likeness (QED) is 0.790. The third kappa shape index (κ3) is 2.35. The minimum Gasteiger partial charge on any atom is -0.371 e. The number of halogens is 1. The Morgan fingerprint density at radius 1 is 1.38 bits per heavy atom. The molecule has 2 rings (SSSR count). The molecular formula is C13H19FN2. The second-order valence-corrected chi connectivity index (χ2v) is 4.86. The summed E-state index contributed by atoms with van der Waals surface area (Å²) in [6.45, 7) is 5.92. The van der Waals surface area contributed by atoms with Crippen LogP contribution in [0.1, 0.15) is 18.9 Å². The lowest BCUT2D eigenvalue weighted by Gasteiger charge is -2.36. The van der Waals surface area contributed by atoms with Gasteiger partial charge < -0.3 is 10.6 Å². The SMILES string of the molecule is Cc1cc(F)cc(N2CCC(N)C(C)C2)c1. The molecule has 1 saturated heterocycles. The van der Waals surface area contributed by atoms with Crippen LogP contribution in [0.25, 0.3) is 0 Å². The van der Waals surface area contributed by atoms with Crippen molar-refractivity contribution in [2.24, 2.45) is 11.7 Å². The lowest BCUT2D eigenvalue weighted by atomic mass is 9.94. The maximum atomic E-state index is 13.3. The maximum absolute atomic E-state index is 13.3. The topological polar surface area (TPSA) is 29.3 Å². The molecule has 0 bridgehead atoms. The summed E-state index contributed by atoms with van der Waals surface area (Å²) in [5, 5.41) is 0. The van der Waals surface area contributed by atoms with Crippen LogP contribution < -0.4 is 10.6 Å². The Balaban J connectivity index is 2.18. The Hall–Kier alpha value is -1.09. The molecular weight excluding hydrogens is 203 g/mol. The van der Waals surface area contributed by atoms with Crippen LogP contribution in [0.5, 0.6) is 0 Å². The van der Waals surface area contributed by atoms with Gasteiger partial charge in [-0.15, -0.1) is 0 Å². The molecule has 16 heavy (non-hydrogen) atoms. The minimum absolute atomic E-state index is 0.155. The second kappa shape index (κ2) is 4.42. The summed E-state index contributed by atoms with van der Waals surface area (Å²) in [7, 11) is 0. The van der Waals surface area contributed by atoms with Crippen molar-refractivity contribution in [2.75, 3.05) is 18.0 Å². The molecule has 0 aromatic heterocycles. The third-order valence-electron chi connectivity index (χ3n) is 3.36. The molecule has 88 valence electrons. The van der Waals surface area contributed by atoms with Crippen molar-refractivity contribution in [3.05, 3.63) is 29.6 Å². The number of aryl methyl sites for hydroxylation is 1. The maximum Gasteiger partial charge on any atom is 0.125 e. The molecule has 2 N–H and O–H groups in total. The molecule has 0 saturated carbocycles. The minimum atomic E-state index is -0.155. The van der Waals surface area contributed by atoms with E-state index < -0.39 is 0 Å². The first-order valence-corrected chi connectivity index (χ1v) is 5.84. The Bertz CT molecular complexity index is 358. The van der Waals surface area contributed by atoms with E-state index >= 15 is 0 Å². The first-order chi connectivity index (χ1) is 7.56. The highest BCUT2D eigenvalue weighted by atomic mass is 19.1. The molecule has 0 amide bonds. The number of anilines is 1. The van der Waals surface area contributed by atoms with Crippen LogP contribution in [-0.4, -0.2) is 19.1 Å². The predicted molar refractivity (Wildman–Crippen MR) is 65.1 cm³/mol. The van der Waals surface area contributed by atoms with Gasteiger partial charge in [0, 0.05) is 24.8 Å². The molecule has 1 aliphatic heterocycles. The molecule has 1 heterocycles. The van der Waals surface area contributed by atoms with E-state index in [-0.39, 0.29) is 11.9 Å². The van der Waals surface area contributed by atoms with Gasteiger partial charge in [0.1, 0.15) is 5.82 Å². The Labute approximate surface area is 96.2 Å². The van der Waals surface area contributed by atoms with Gasteiger partial charge in [-0.3, -0.25) is 0 Å². The van der Waals surface area contributed by atoms with Crippen molar-refractivity contribution in [3.63, 3.8) is 0 Å². The number of nitrogens with two attached hydrogens (primary N) is 1. The summed E-state index contributed by atoms with van der Waals surface area (Å²) in [5.41, 5.74) is 7.93. The number of benzene rings is 1. The van der Waals surface area contributed by atoms with E-state index in [1.165, 1.54) is 0 Å². The van der Waals surface area contributed by atoms with Gasteiger partial charge in [-0.25, -0.2) is 4.39 Å². The fourth-order valence-electron chi connectivity index (χ4n) is 2.30. The smallest absolute Gasteiger partial charge is 0.125 e. The summed E-state index contributed by atoms with van der Waals surface area (Å²) in [6.07, 6.45) is 0.983. The van der Waals surface area contributed by atoms with E-state index in [4.69, 9.17) is 5.73 Å². The van der Waals surface area contributed by atoms with E-state index in [2.05, 4.69) is 11.8 Å². The van der Waals surface area contributed by atoms with Crippen molar-refractivity contribution >= 4 is 5.69 Å². The highest BCUT2D eigenvalue weighted by molar-refractivity contribution is 5.49. The summed E-state index contributed by atoms with van der Waals surface area (Å²) in [4.78, 5) is 2.23. The first kappa shape index (κ1) is 11.4. The molecule has 0 spiro atoms. The Morgan fingerprint density at radius 2 is 2.12 bits per heavy atom. The van der Waals surface area contributed by atoms with Crippen LogP contribution in [0, 0.1) is 18.7 Å². The van der Waals surface area contributed by atoms with Gasteiger partial charge in [0.25, 0.3) is 0 Å². The normalized spacial score (nSPS) is 25.9. The van der Waals surface area contributed by atoms with Crippen LogP contribution in [0.3, 0.4) is 0 Å².